The number of likely N-dealkylation sites (tertiary alicyclic amines) is 2. The summed E-state index contributed by atoms with van der Waals surface area (Å²) in [4.78, 5) is 29.5. The van der Waals surface area contributed by atoms with Gasteiger partial charge in [-0.05, 0) is 43.2 Å². The van der Waals surface area contributed by atoms with Crippen LogP contribution < -0.4 is 4.74 Å². The van der Waals surface area contributed by atoms with Gasteiger partial charge in [-0.15, -0.1) is 0 Å². The molecule has 0 radical (unpaired) electrons. The van der Waals surface area contributed by atoms with Crippen LogP contribution in [0.25, 0.3) is 0 Å². The molecular weight excluding hydrogens is 348 g/mol. The topological polar surface area (TPSA) is 49.9 Å². The second-order valence-corrected chi connectivity index (χ2v) is 8.26. The van der Waals surface area contributed by atoms with Crippen molar-refractivity contribution in [3.05, 3.63) is 29.8 Å². The lowest BCUT2D eigenvalue weighted by Crippen LogP contribution is -2.50. The first-order chi connectivity index (χ1) is 12.6. The summed E-state index contributed by atoms with van der Waals surface area (Å²) in [5, 5.41) is 0. The molecule has 0 bridgehead atoms. The van der Waals surface area contributed by atoms with Crippen LogP contribution in [-0.2, 0) is 16.1 Å². The summed E-state index contributed by atoms with van der Waals surface area (Å²) in [5.74, 6) is 2.06. The second-order valence-electron chi connectivity index (χ2n) is 7.27. The number of methoxy groups -OCH3 is 1. The van der Waals surface area contributed by atoms with E-state index in [9.17, 15) is 9.59 Å². The highest BCUT2D eigenvalue weighted by molar-refractivity contribution is 7.98. The monoisotopic (exact) mass is 376 g/mol. The van der Waals surface area contributed by atoms with E-state index in [1.54, 1.807) is 18.9 Å². The van der Waals surface area contributed by atoms with Gasteiger partial charge in [-0.1, -0.05) is 12.1 Å². The fraction of sp³-hybridized carbons (Fsp3) is 0.600. The molecule has 2 saturated heterocycles. The Kier molecular flexibility index (Phi) is 6.12. The zero-order valence-corrected chi connectivity index (χ0v) is 16.5. The van der Waals surface area contributed by atoms with E-state index in [0.29, 0.717) is 26.1 Å². The highest BCUT2D eigenvalue weighted by Crippen LogP contribution is 2.40. The molecule has 3 rings (SSSR count). The Bertz CT molecular complexity index is 666. The summed E-state index contributed by atoms with van der Waals surface area (Å²) in [5.41, 5.74) is 0.715. The van der Waals surface area contributed by atoms with Crippen LogP contribution in [0.1, 0.15) is 31.2 Å². The van der Waals surface area contributed by atoms with Crippen molar-refractivity contribution in [1.29, 1.82) is 0 Å². The molecule has 2 fully saturated rings. The Morgan fingerprint density at radius 3 is 2.92 bits per heavy atom. The number of carbonyl (C=O) groups is 2. The number of carbonyl (C=O) groups excluding carboxylic acids is 2. The maximum atomic E-state index is 13.2. The number of thioether (sulfide) groups is 1. The normalized spacial score (nSPS) is 22.9. The van der Waals surface area contributed by atoms with Crippen LogP contribution in [0.5, 0.6) is 5.75 Å². The van der Waals surface area contributed by atoms with Crippen molar-refractivity contribution in [1.82, 2.24) is 9.80 Å². The summed E-state index contributed by atoms with van der Waals surface area (Å²) >= 11 is 1.69. The molecule has 1 aromatic carbocycles. The highest BCUT2D eigenvalue weighted by atomic mass is 32.2. The van der Waals surface area contributed by atoms with Crippen LogP contribution in [0.2, 0.25) is 0 Å². The third-order valence-electron chi connectivity index (χ3n) is 5.56. The van der Waals surface area contributed by atoms with Crippen molar-refractivity contribution in [2.75, 3.05) is 38.8 Å². The maximum absolute atomic E-state index is 13.2. The molecule has 5 nitrogen and oxygen atoms in total. The van der Waals surface area contributed by atoms with Crippen molar-refractivity contribution >= 4 is 23.6 Å². The molecule has 142 valence electrons. The second kappa shape index (κ2) is 8.33. The van der Waals surface area contributed by atoms with Crippen LogP contribution >= 0.6 is 11.8 Å². The first-order valence-corrected chi connectivity index (χ1v) is 10.7. The molecule has 1 atom stereocenters. The third kappa shape index (κ3) is 4.00. The third-order valence-corrected chi connectivity index (χ3v) is 6.17. The number of hydrogen-bond acceptors (Lipinski definition) is 4. The molecule has 26 heavy (non-hydrogen) atoms. The van der Waals surface area contributed by atoms with Crippen LogP contribution in [0.4, 0.5) is 0 Å². The van der Waals surface area contributed by atoms with E-state index in [-0.39, 0.29) is 17.2 Å². The number of ether oxygens (including phenoxy) is 1. The summed E-state index contributed by atoms with van der Waals surface area (Å²) in [6.45, 7) is 2.70. The molecule has 0 N–H and O–H groups in total. The number of nitrogens with zero attached hydrogens (tertiary/aromatic N) is 2. The number of rotatable bonds is 6. The van der Waals surface area contributed by atoms with Gasteiger partial charge in [-0.3, -0.25) is 9.59 Å². The molecule has 2 amide bonds. The smallest absolute Gasteiger partial charge is 0.230 e. The zero-order chi connectivity index (χ0) is 18.6. The average molecular weight is 377 g/mol. The van der Waals surface area contributed by atoms with Gasteiger partial charge in [-0.2, -0.15) is 11.8 Å². The molecular formula is C20H28N2O3S. The number of benzene rings is 1. The van der Waals surface area contributed by atoms with E-state index in [4.69, 9.17) is 4.74 Å². The minimum absolute atomic E-state index is 0.189. The van der Waals surface area contributed by atoms with E-state index < -0.39 is 0 Å². The van der Waals surface area contributed by atoms with Gasteiger partial charge in [0, 0.05) is 38.4 Å². The largest absolute Gasteiger partial charge is 0.497 e. The standard InChI is InChI=1S/C20H28N2O3S/c1-25-17-6-3-5-16(13-17)14-21-10-4-8-20(19(21)24)9-11-22(15-20)18(23)7-12-26-2/h3,5-6,13H,4,7-12,14-15H2,1-2H3/t20-/m1/s1. The molecule has 1 aromatic rings. The Hall–Kier alpha value is -1.69. The molecule has 0 aromatic heterocycles. The van der Waals surface area contributed by atoms with Gasteiger partial charge in [0.2, 0.25) is 11.8 Å². The van der Waals surface area contributed by atoms with Gasteiger partial charge in [0.25, 0.3) is 0 Å². The quantitative estimate of drug-likeness (QED) is 0.766. The predicted octanol–water partition coefficient (Wildman–Crippen LogP) is 2.79. The minimum Gasteiger partial charge on any atom is -0.497 e. The fourth-order valence-corrected chi connectivity index (χ4v) is 4.48. The van der Waals surface area contributed by atoms with Gasteiger partial charge < -0.3 is 14.5 Å². The first-order valence-electron chi connectivity index (χ1n) is 9.27. The number of hydrogen-bond donors (Lipinski definition) is 0. The Balaban J connectivity index is 1.67. The van der Waals surface area contributed by atoms with Gasteiger partial charge in [0.15, 0.2) is 0 Å². The molecule has 2 heterocycles. The molecule has 6 heteroatoms. The SMILES string of the molecule is COc1cccc(CN2CCC[C@]3(CCN(C(=O)CCSC)C3)C2=O)c1. The highest BCUT2D eigenvalue weighted by Gasteiger charge is 2.49. The van der Waals surface area contributed by atoms with Crippen LogP contribution in [-0.4, -0.2) is 60.4 Å². The van der Waals surface area contributed by atoms with E-state index in [2.05, 4.69) is 0 Å². The Morgan fingerprint density at radius 2 is 2.15 bits per heavy atom. The number of piperidine rings is 1. The van der Waals surface area contributed by atoms with Crippen LogP contribution in [0.15, 0.2) is 24.3 Å². The number of amides is 2. The minimum atomic E-state index is -0.369. The van der Waals surface area contributed by atoms with Crippen molar-refractivity contribution in [3.63, 3.8) is 0 Å². The van der Waals surface area contributed by atoms with Crippen molar-refractivity contribution in [3.8, 4) is 5.75 Å². The van der Waals surface area contributed by atoms with E-state index >= 15 is 0 Å². The molecule has 1 spiro atoms. The van der Waals surface area contributed by atoms with Gasteiger partial charge in [0.1, 0.15) is 5.75 Å². The van der Waals surface area contributed by atoms with E-state index in [1.165, 1.54) is 0 Å². The lowest BCUT2D eigenvalue weighted by molar-refractivity contribution is -0.146. The molecule has 2 aliphatic heterocycles. The van der Waals surface area contributed by atoms with Crippen LogP contribution in [0, 0.1) is 5.41 Å². The van der Waals surface area contributed by atoms with E-state index in [0.717, 1.165) is 42.9 Å². The maximum Gasteiger partial charge on any atom is 0.230 e. The fourth-order valence-electron chi connectivity index (χ4n) is 4.11. The lowest BCUT2D eigenvalue weighted by Gasteiger charge is -2.39. The predicted molar refractivity (Wildman–Crippen MR) is 104 cm³/mol. The van der Waals surface area contributed by atoms with Gasteiger partial charge in [-0.25, -0.2) is 0 Å². The van der Waals surface area contributed by atoms with Crippen molar-refractivity contribution in [2.45, 2.75) is 32.2 Å². The van der Waals surface area contributed by atoms with E-state index in [1.807, 2.05) is 40.3 Å². The summed E-state index contributed by atoms with van der Waals surface area (Å²) < 4.78 is 5.29. The lowest BCUT2D eigenvalue weighted by atomic mass is 9.78. The summed E-state index contributed by atoms with van der Waals surface area (Å²) in [6, 6.07) is 7.89. The van der Waals surface area contributed by atoms with Crippen LogP contribution in [0.3, 0.4) is 0 Å². The van der Waals surface area contributed by atoms with Gasteiger partial charge in [0.05, 0.1) is 12.5 Å². The summed E-state index contributed by atoms with van der Waals surface area (Å²) in [7, 11) is 1.65. The first kappa shape index (κ1) is 19.1. The Morgan fingerprint density at radius 1 is 1.31 bits per heavy atom. The molecule has 0 saturated carbocycles. The average Bonchev–Trinajstić information content (AvgIpc) is 3.09. The van der Waals surface area contributed by atoms with Crippen molar-refractivity contribution < 1.29 is 14.3 Å². The van der Waals surface area contributed by atoms with Gasteiger partial charge >= 0.3 is 0 Å². The molecule has 2 aliphatic rings. The molecule has 0 unspecified atom stereocenters. The summed E-state index contributed by atoms with van der Waals surface area (Å²) in [6.07, 6.45) is 5.28. The van der Waals surface area contributed by atoms with Crippen molar-refractivity contribution in [2.24, 2.45) is 5.41 Å². The zero-order valence-electron chi connectivity index (χ0n) is 15.7. The Labute approximate surface area is 160 Å². The molecule has 0 aliphatic carbocycles.